The molecular formula is C39H42O19. The number of ether oxygens (including phenoxy) is 6. The lowest BCUT2D eigenvalue weighted by Crippen LogP contribution is -2.65. The summed E-state index contributed by atoms with van der Waals surface area (Å²) in [7, 11) is 1.50. The molecule has 3 aromatic carbocycles. The van der Waals surface area contributed by atoms with Gasteiger partial charge in [-0.1, -0.05) is 12.1 Å². The van der Waals surface area contributed by atoms with Crippen LogP contribution in [0.25, 0.3) is 28.4 Å². The van der Waals surface area contributed by atoms with Gasteiger partial charge in [0.15, 0.2) is 29.7 Å². The maximum absolute atomic E-state index is 14.1. The van der Waals surface area contributed by atoms with Crippen LogP contribution in [0.15, 0.2) is 57.8 Å². The van der Waals surface area contributed by atoms with Crippen LogP contribution in [0, 0.1) is 13.8 Å². The van der Waals surface area contributed by atoms with Gasteiger partial charge in [0.25, 0.3) is 0 Å². The molecule has 10 unspecified atom stereocenters. The van der Waals surface area contributed by atoms with Gasteiger partial charge in [-0.2, -0.15) is 0 Å². The number of rotatable bonds is 11. The Morgan fingerprint density at radius 2 is 1.53 bits per heavy atom. The first kappa shape index (κ1) is 42.1. The van der Waals surface area contributed by atoms with E-state index in [0.717, 1.165) is 29.8 Å². The predicted octanol–water partition coefficient (Wildman–Crippen LogP) is 0.175. The zero-order valence-corrected chi connectivity index (χ0v) is 31.0. The molecule has 2 saturated heterocycles. The van der Waals surface area contributed by atoms with Crippen LogP contribution in [-0.2, 0) is 23.7 Å². The molecule has 0 spiro atoms. The topological polar surface area (TPSA) is 305 Å². The van der Waals surface area contributed by atoms with Gasteiger partial charge in [-0.15, -0.1) is 0 Å². The Hall–Kier alpha value is -5.48. The van der Waals surface area contributed by atoms with E-state index in [1.54, 1.807) is 18.2 Å². The molecule has 58 heavy (non-hydrogen) atoms. The monoisotopic (exact) mass is 814 g/mol. The zero-order chi connectivity index (χ0) is 42.2. The van der Waals surface area contributed by atoms with Gasteiger partial charge in [-0.05, 0) is 49.2 Å². The van der Waals surface area contributed by atoms with E-state index in [9.17, 15) is 60.7 Å². The molecule has 2 aliphatic rings. The van der Waals surface area contributed by atoms with E-state index in [0.29, 0.717) is 11.3 Å². The number of carbonyl (C=O) groups is 1. The molecular weight excluding hydrogens is 772 g/mol. The van der Waals surface area contributed by atoms with Crippen LogP contribution in [0.5, 0.6) is 34.5 Å². The molecule has 6 rings (SSSR count). The number of hydrogen-bond donors (Lipinski definition) is 10. The number of fused-ring (bicyclic) bond motifs is 1. The molecule has 4 aromatic rings. The maximum Gasteiger partial charge on any atom is 0.330 e. The van der Waals surface area contributed by atoms with Crippen molar-refractivity contribution < 1.29 is 88.7 Å². The number of phenolic OH excluding ortho intramolecular Hbond substituents is 4. The second-order valence-corrected chi connectivity index (χ2v) is 13.7. The van der Waals surface area contributed by atoms with Gasteiger partial charge in [0, 0.05) is 29.3 Å². The van der Waals surface area contributed by atoms with E-state index >= 15 is 0 Å². The van der Waals surface area contributed by atoms with Crippen LogP contribution in [0.1, 0.15) is 16.7 Å². The first-order chi connectivity index (χ1) is 27.5. The molecule has 2 aliphatic heterocycles. The molecule has 3 heterocycles. The minimum absolute atomic E-state index is 0.0262. The third kappa shape index (κ3) is 8.25. The third-order valence-electron chi connectivity index (χ3n) is 9.82. The van der Waals surface area contributed by atoms with Crippen molar-refractivity contribution in [2.45, 2.75) is 75.3 Å². The Balaban J connectivity index is 1.30. The highest BCUT2D eigenvalue weighted by Gasteiger charge is 2.52. The lowest BCUT2D eigenvalue weighted by atomic mass is 9.97. The van der Waals surface area contributed by atoms with E-state index in [1.807, 2.05) is 6.92 Å². The lowest BCUT2D eigenvalue weighted by Gasteiger charge is -2.45. The van der Waals surface area contributed by atoms with Crippen LogP contribution >= 0.6 is 0 Å². The smallest absolute Gasteiger partial charge is 0.330 e. The second-order valence-electron chi connectivity index (χ2n) is 13.7. The molecule has 0 saturated carbocycles. The highest BCUT2D eigenvalue weighted by Crippen LogP contribution is 2.42. The fourth-order valence-corrected chi connectivity index (χ4v) is 6.54. The molecule has 10 N–H and O–H groups in total. The van der Waals surface area contributed by atoms with E-state index < -0.39 is 126 Å². The van der Waals surface area contributed by atoms with Crippen molar-refractivity contribution in [1.29, 1.82) is 0 Å². The largest absolute Gasteiger partial charge is 0.508 e. The van der Waals surface area contributed by atoms with Crippen LogP contribution in [0.2, 0.25) is 0 Å². The third-order valence-corrected chi connectivity index (χ3v) is 9.82. The second kappa shape index (κ2) is 17.2. The summed E-state index contributed by atoms with van der Waals surface area (Å²) in [6.07, 6.45) is -16.3. The lowest BCUT2D eigenvalue weighted by molar-refractivity contribution is -0.358. The first-order valence-electron chi connectivity index (χ1n) is 17.7. The SMILES string of the molecule is COc1cc(/C=C\C(=O)OCC2OC(OC3C(Oc4c(-c5ccc(O)c(O)c5C)oc5cc(O)cc(O)c5c4=O)OC(CO)C(O)C3O)C(O)C(O)C2O)ccc1C. The number of methoxy groups -OCH3 is 1. The summed E-state index contributed by atoms with van der Waals surface area (Å²) in [4.78, 5) is 26.7. The fourth-order valence-electron chi connectivity index (χ4n) is 6.54. The Morgan fingerprint density at radius 3 is 2.24 bits per heavy atom. The van der Waals surface area contributed by atoms with E-state index in [1.165, 1.54) is 26.2 Å². The number of aliphatic hydroxyl groups excluding tert-OH is 6. The van der Waals surface area contributed by atoms with Crippen molar-refractivity contribution >= 4 is 23.0 Å². The highest BCUT2D eigenvalue weighted by molar-refractivity contribution is 5.89. The van der Waals surface area contributed by atoms with Crippen molar-refractivity contribution in [3.05, 3.63) is 75.5 Å². The summed E-state index contributed by atoms with van der Waals surface area (Å²) in [5.41, 5.74) is -0.0315. The van der Waals surface area contributed by atoms with Gasteiger partial charge >= 0.3 is 5.97 Å². The van der Waals surface area contributed by atoms with Crippen molar-refractivity contribution in [3.63, 3.8) is 0 Å². The summed E-state index contributed by atoms with van der Waals surface area (Å²) < 4.78 is 39.6. The van der Waals surface area contributed by atoms with Crippen LogP contribution < -0.4 is 14.9 Å². The van der Waals surface area contributed by atoms with Gasteiger partial charge in [-0.3, -0.25) is 4.79 Å². The molecule has 19 nitrogen and oxygen atoms in total. The number of aliphatic hydroxyl groups is 6. The van der Waals surface area contributed by atoms with Crippen molar-refractivity contribution in [3.8, 4) is 45.8 Å². The van der Waals surface area contributed by atoms with Crippen molar-refractivity contribution in [1.82, 2.24) is 0 Å². The molecule has 10 atom stereocenters. The van der Waals surface area contributed by atoms with Crippen molar-refractivity contribution in [2.75, 3.05) is 20.3 Å². The quantitative estimate of drug-likeness (QED) is 0.0548. The average Bonchev–Trinajstić information content (AvgIpc) is 3.19. The number of phenols is 4. The van der Waals surface area contributed by atoms with Crippen LogP contribution in [0.3, 0.4) is 0 Å². The molecule has 0 radical (unpaired) electrons. The van der Waals surface area contributed by atoms with Gasteiger partial charge in [0.2, 0.25) is 17.5 Å². The minimum atomic E-state index is -2.05. The van der Waals surface area contributed by atoms with Gasteiger partial charge in [0.1, 0.15) is 77.6 Å². The number of aryl methyl sites for hydroxylation is 1. The van der Waals surface area contributed by atoms with Gasteiger partial charge in [0.05, 0.1) is 13.7 Å². The molecule has 19 heteroatoms. The first-order valence-corrected chi connectivity index (χ1v) is 17.7. The Bertz CT molecular complexity index is 2240. The van der Waals surface area contributed by atoms with E-state index in [-0.39, 0.29) is 16.7 Å². The van der Waals surface area contributed by atoms with Gasteiger partial charge < -0.3 is 83.9 Å². The highest BCUT2D eigenvalue weighted by atomic mass is 16.8. The summed E-state index contributed by atoms with van der Waals surface area (Å²) >= 11 is 0. The zero-order valence-electron chi connectivity index (χ0n) is 31.0. The van der Waals surface area contributed by atoms with Crippen molar-refractivity contribution in [2.24, 2.45) is 0 Å². The molecule has 0 amide bonds. The van der Waals surface area contributed by atoms with Crippen LogP contribution in [-0.4, -0.2) is 139 Å². The summed E-state index contributed by atoms with van der Waals surface area (Å²) in [5.74, 6) is -3.87. The fraction of sp³-hybridized carbons (Fsp3) is 0.385. The summed E-state index contributed by atoms with van der Waals surface area (Å²) in [5, 5.41) is 105. The molecule has 0 bridgehead atoms. The molecule has 1 aromatic heterocycles. The number of esters is 1. The number of hydrogen-bond acceptors (Lipinski definition) is 19. The minimum Gasteiger partial charge on any atom is -0.508 e. The average molecular weight is 815 g/mol. The molecule has 0 aliphatic carbocycles. The standard InChI is InChI=1S/C39H42O19/c1-15-4-5-17(10-22(15)52-3)6-9-26(44)53-14-25-30(47)32(49)34(51)38(56-25)58-37-33(50)29(46)24(13-40)55-39(37)57-36-31(48)27-21(43)11-18(41)12-23(27)54-35(36)19-7-8-20(42)28(45)16(19)2/h4-12,24-25,29-30,32-34,37-43,45-47,49-51H,13-14H2,1-3H3/b9-6-. The number of carbonyl (C=O) groups excluding carboxylic acids is 1. The van der Waals surface area contributed by atoms with E-state index in [4.69, 9.17) is 32.8 Å². The predicted molar refractivity (Wildman–Crippen MR) is 197 cm³/mol. The Labute approximate surface area is 328 Å². The van der Waals surface area contributed by atoms with Gasteiger partial charge in [-0.25, -0.2) is 4.79 Å². The maximum atomic E-state index is 14.1. The Morgan fingerprint density at radius 1 is 0.828 bits per heavy atom. The van der Waals surface area contributed by atoms with E-state index in [2.05, 4.69) is 0 Å². The van der Waals surface area contributed by atoms with Crippen LogP contribution in [0.4, 0.5) is 0 Å². The summed E-state index contributed by atoms with van der Waals surface area (Å²) in [6, 6.07) is 9.38. The normalized spacial score (nSPS) is 27.5. The number of benzene rings is 3. The molecule has 312 valence electrons. The Kier molecular flexibility index (Phi) is 12.5. The number of aromatic hydroxyl groups is 4. The molecule has 2 fully saturated rings. The summed E-state index contributed by atoms with van der Waals surface area (Å²) in [6.45, 7) is 1.62.